The maximum absolute atomic E-state index is 13.2. The van der Waals surface area contributed by atoms with Gasteiger partial charge in [-0.3, -0.25) is 4.79 Å². The molecule has 0 spiro atoms. The second-order valence-electron chi connectivity index (χ2n) is 8.80. The van der Waals surface area contributed by atoms with Crippen LogP contribution in [-0.2, 0) is 19.6 Å². The van der Waals surface area contributed by atoms with Crippen molar-refractivity contribution in [2.24, 2.45) is 11.8 Å². The van der Waals surface area contributed by atoms with Crippen LogP contribution in [0.1, 0.15) is 23.2 Å². The van der Waals surface area contributed by atoms with Crippen LogP contribution in [0.5, 0.6) is 5.75 Å². The van der Waals surface area contributed by atoms with Gasteiger partial charge in [0.25, 0.3) is 5.91 Å². The predicted octanol–water partition coefficient (Wildman–Crippen LogP) is 4.37. The number of halogens is 3. The highest BCUT2D eigenvalue weighted by Crippen LogP contribution is 2.37. The molecule has 12 heteroatoms. The third-order valence-electron chi connectivity index (χ3n) is 6.65. The molecule has 2 saturated heterocycles. The summed E-state index contributed by atoms with van der Waals surface area (Å²) in [7, 11) is -2.42. The number of amides is 1. The Balaban J connectivity index is 1.34. The molecule has 2 aliphatic heterocycles. The summed E-state index contributed by atoms with van der Waals surface area (Å²) >= 11 is 18.2. The zero-order valence-corrected chi connectivity index (χ0v) is 22.5. The number of fused-ring (bicyclic) bond motifs is 1. The van der Waals surface area contributed by atoms with Crippen LogP contribution in [-0.4, -0.2) is 69.4 Å². The molecular weight excluding hydrogens is 551 g/mol. The van der Waals surface area contributed by atoms with Crippen LogP contribution in [0.3, 0.4) is 0 Å². The molecule has 0 radical (unpaired) electrons. The highest BCUT2D eigenvalue weighted by atomic mass is 35.5. The van der Waals surface area contributed by atoms with Crippen LogP contribution in [0, 0.1) is 11.8 Å². The molecule has 4 rings (SSSR count). The number of likely N-dealkylation sites (tertiary alicyclic amines) is 1. The van der Waals surface area contributed by atoms with Crippen molar-refractivity contribution in [3.8, 4) is 5.75 Å². The Morgan fingerprint density at radius 2 is 1.53 bits per heavy atom. The summed E-state index contributed by atoms with van der Waals surface area (Å²) in [6.45, 7) is 1.58. The molecular formula is C24H25Cl3N2O6S. The summed E-state index contributed by atoms with van der Waals surface area (Å²) in [6.07, 6.45) is 1.37. The van der Waals surface area contributed by atoms with Crippen molar-refractivity contribution < 1.29 is 27.5 Å². The number of carbonyl (C=O) groups is 2. The number of nitrogens with zero attached hydrogens (tertiary/aromatic N) is 2. The second kappa shape index (κ2) is 11.1. The summed E-state index contributed by atoms with van der Waals surface area (Å²) < 4.78 is 38.1. The summed E-state index contributed by atoms with van der Waals surface area (Å²) in [5.74, 6) is -0.206. The average molecular weight is 576 g/mol. The predicted molar refractivity (Wildman–Crippen MR) is 136 cm³/mol. The molecule has 2 aromatic rings. The minimum atomic E-state index is -3.69. The fraction of sp³-hybridized carbons (Fsp3) is 0.417. The maximum Gasteiger partial charge on any atom is 0.337 e. The van der Waals surface area contributed by atoms with Gasteiger partial charge in [-0.25, -0.2) is 13.2 Å². The van der Waals surface area contributed by atoms with Crippen LogP contribution in [0.25, 0.3) is 0 Å². The summed E-state index contributed by atoms with van der Waals surface area (Å²) in [5, 5.41) is 0.830. The highest BCUT2D eigenvalue weighted by Gasteiger charge is 2.41. The SMILES string of the molecule is COC(=O)c1ccc(S(=O)(=O)N2C[C@@H]3CCN(C(=O)COc4c(Cl)cc(Cl)cc4Cl)CC[C@H]3C2)cc1. The molecule has 1 amide bonds. The van der Waals surface area contributed by atoms with Crippen LogP contribution in [0.2, 0.25) is 15.1 Å². The van der Waals surface area contributed by atoms with Crippen molar-refractivity contribution in [1.29, 1.82) is 0 Å². The standard InChI is InChI=1S/C24H25Cl3N2O6S/c1-34-24(31)15-2-4-19(5-3-15)36(32,33)29-12-16-6-8-28(9-7-17(16)13-29)22(30)14-35-23-20(26)10-18(25)11-21(23)27/h2-5,10-11,16-17H,6-9,12-14H2,1H3/t16-,17-/m0/s1. The first kappa shape index (κ1) is 27.0. The van der Waals surface area contributed by atoms with Crippen LogP contribution in [0.15, 0.2) is 41.3 Å². The van der Waals surface area contributed by atoms with E-state index in [0.717, 1.165) is 0 Å². The molecule has 2 aromatic carbocycles. The second-order valence-corrected chi connectivity index (χ2v) is 12.0. The van der Waals surface area contributed by atoms with Crippen molar-refractivity contribution in [2.75, 3.05) is 39.9 Å². The molecule has 0 unspecified atom stereocenters. The van der Waals surface area contributed by atoms with Gasteiger partial charge in [0, 0.05) is 31.2 Å². The van der Waals surface area contributed by atoms with Gasteiger partial charge in [-0.05, 0) is 61.1 Å². The van der Waals surface area contributed by atoms with E-state index in [4.69, 9.17) is 39.5 Å². The van der Waals surface area contributed by atoms with Gasteiger partial charge in [0.15, 0.2) is 12.4 Å². The van der Waals surface area contributed by atoms with E-state index in [1.807, 2.05) is 0 Å². The molecule has 36 heavy (non-hydrogen) atoms. The van der Waals surface area contributed by atoms with Gasteiger partial charge in [0.05, 0.1) is 27.6 Å². The Morgan fingerprint density at radius 1 is 0.972 bits per heavy atom. The lowest BCUT2D eigenvalue weighted by Gasteiger charge is -2.22. The lowest BCUT2D eigenvalue weighted by atomic mass is 9.92. The molecule has 0 bridgehead atoms. The zero-order chi connectivity index (χ0) is 26.0. The zero-order valence-electron chi connectivity index (χ0n) is 19.5. The normalized spacial score (nSPS) is 20.5. The Morgan fingerprint density at radius 3 is 2.06 bits per heavy atom. The van der Waals surface area contributed by atoms with E-state index in [1.165, 1.54) is 47.8 Å². The first-order valence-electron chi connectivity index (χ1n) is 11.3. The van der Waals surface area contributed by atoms with Crippen molar-refractivity contribution in [1.82, 2.24) is 9.21 Å². The number of sulfonamides is 1. The molecule has 2 heterocycles. The quantitative estimate of drug-likeness (QED) is 0.475. The van der Waals surface area contributed by atoms with E-state index in [0.29, 0.717) is 44.0 Å². The van der Waals surface area contributed by atoms with Crippen LogP contribution >= 0.6 is 34.8 Å². The first-order chi connectivity index (χ1) is 17.1. The van der Waals surface area contributed by atoms with Crippen molar-refractivity contribution in [3.05, 3.63) is 57.0 Å². The Hall–Kier alpha value is -2.04. The molecule has 194 valence electrons. The highest BCUT2D eigenvalue weighted by molar-refractivity contribution is 7.89. The smallest absolute Gasteiger partial charge is 0.337 e. The van der Waals surface area contributed by atoms with Gasteiger partial charge in [0.2, 0.25) is 10.0 Å². The molecule has 0 aliphatic carbocycles. The van der Waals surface area contributed by atoms with Gasteiger partial charge in [-0.15, -0.1) is 0 Å². The van der Waals surface area contributed by atoms with Gasteiger partial charge in [0.1, 0.15) is 0 Å². The topological polar surface area (TPSA) is 93.2 Å². The lowest BCUT2D eigenvalue weighted by molar-refractivity contribution is -0.133. The number of ether oxygens (including phenoxy) is 2. The largest absolute Gasteiger partial charge is 0.481 e. The number of hydrogen-bond acceptors (Lipinski definition) is 6. The first-order valence-corrected chi connectivity index (χ1v) is 13.9. The Bertz CT molecular complexity index is 1220. The van der Waals surface area contributed by atoms with Gasteiger partial charge >= 0.3 is 5.97 Å². The third kappa shape index (κ3) is 5.75. The molecule has 2 fully saturated rings. The third-order valence-corrected chi connectivity index (χ3v) is 9.28. The molecule has 0 aromatic heterocycles. The Labute approximate surface area is 225 Å². The molecule has 0 N–H and O–H groups in total. The number of benzene rings is 2. The van der Waals surface area contributed by atoms with E-state index in [2.05, 4.69) is 4.74 Å². The minimum absolute atomic E-state index is 0.139. The van der Waals surface area contributed by atoms with Gasteiger partial charge in [-0.1, -0.05) is 34.8 Å². The van der Waals surface area contributed by atoms with Crippen LogP contribution in [0.4, 0.5) is 0 Å². The van der Waals surface area contributed by atoms with E-state index < -0.39 is 16.0 Å². The van der Waals surface area contributed by atoms with Gasteiger partial charge < -0.3 is 14.4 Å². The number of rotatable bonds is 6. The average Bonchev–Trinajstić information content (AvgIpc) is 3.16. The summed E-state index contributed by atoms with van der Waals surface area (Å²) in [5.41, 5.74) is 0.289. The number of hydrogen-bond donors (Lipinski definition) is 0. The number of esters is 1. The van der Waals surface area contributed by atoms with Crippen molar-refractivity contribution >= 4 is 56.7 Å². The van der Waals surface area contributed by atoms with E-state index >= 15 is 0 Å². The maximum atomic E-state index is 13.2. The molecule has 0 saturated carbocycles. The van der Waals surface area contributed by atoms with E-state index in [1.54, 1.807) is 4.90 Å². The lowest BCUT2D eigenvalue weighted by Crippen LogP contribution is -2.37. The van der Waals surface area contributed by atoms with Gasteiger partial charge in [-0.2, -0.15) is 4.31 Å². The molecule has 2 atom stereocenters. The summed E-state index contributed by atoms with van der Waals surface area (Å²) in [6, 6.07) is 8.74. The fourth-order valence-corrected chi connectivity index (χ4v) is 7.15. The summed E-state index contributed by atoms with van der Waals surface area (Å²) in [4.78, 5) is 26.3. The van der Waals surface area contributed by atoms with Crippen molar-refractivity contribution in [3.63, 3.8) is 0 Å². The number of carbonyl (C=O) groups excluding carboxylic acids is 2. The van der Waals surface area contributed by atoms with E-state index in [-0.39, 0.29) is 50.6 Å². The Kier molecular flexibility index (Phi) is 8.36. The number of methoxy groups -OCH3 is 1. The minimum Gasteiger partial charge on any atom is -0.481 e. The fourth-order valence-electron chi connectivity index (χ4n) is 4.67. The molecule has 8 nitrogen and oxygen atoms in total. The van der Waals surface area contributed by atoms with Crippen LogP contribution < -0.4 is 4.74 Å². The van der Waals surface area contributed by atoms with E-state index in [9.17, 15) is 18.0 Å². The molecule has 2 aliphatic rings. The van der Waals surface area contributed by atoms with Crippen molar-refractivity contribution in [2.45, 2.75) is 17.7 Å². The monoisotopic (exact) mass is 574 g/mol.